The number of ether oxygens (including phenoxy) is 2. The molecule has 0 aliphatic heterocycles. The molecule has 152 valence electrons. The largest absolute Gasteiger partial charge is 1.00 e. The fourth-order valence-corrected chi connectivity index (χ4v) is 5.20. The van der Waals surface area contributed by atoms with E-state index in [-0.39, 0.29) is 23.0 Å². The van der Waals surface area contributed by atoms with Gasteiger partial charge in [-0.3, -0.25) is 0 Å². The average Bonchev–Trinajstić information content (AvgIpc) is 2.74. The molecule has 0 saturated heterocycles. The highest BCUT2D eigenvalue weighted by Crippen LogP contribution is 2.35. The number of hydrogen-bond acceptors (Lipinski definition) is 3. The van der Waals surface area contributed by atoms with Crippen LogP contribution in [0.25, 0.3) is 0 Å². The fourth-order valence-electron chi connectivity index (χ4n) is 3.01. The predicted octanol–water partition coefficient (Wildman–Crippen LogP) is 2.70. The number of hydrogen-bond donors (Lipinski definition) is 0. The number of rotatable bonds is 6. The Morgan fingerprint density at radius 3 is 1.90 bits per heavy atom. The summed E-state index contributed by atoms with van der Waals surface area (Å²) >= 11 is 0. The first-order chi connectivity index (χ1) is 13.5. The zero-order valence-corrected chi connectivity index (χ0v) is 19.4. The Hall–Kier alpha value is -2.24. The lowest BCUT2D eigenvalue weighted by atomic mass is 10.0. The monoisotopic (exact) mass is 472 g/mol. The summed E-state index contributed by atoms with van der Waals surface area (Å²) in [4.78, 5) is 15.6. The molecule has 29 heavy (non-hydrogen) atoms. The number of halogens is 1. The molecule has 1 unspecified atom stereocenters. The van der Waals surface area contributed by atoms with E-state index in [1.807, 2.05) is 36.4 Å². The molecular weight excluding hydrogens is 448 g/mol. The number of carbonyl (C=O) groups excluding carboxylic acids is 1. The van der Waals surface area contributed by atoms with Crippen molar-refractivity contribution in [2.24, 2.45) is 0 Å². The summed E-state index contributed by atoms with van der Waals surface area (Å²) in [6, 6.07) is 24.4. The lowest BCUT2D eigenvalue weighted by Gasteiger charge is -2.12. The van der Waals surface area contributed by atoms with Crippen molar-refractivity contribution in [1.29, 1.82) is 0 Å². The van der Waals surface area contributed by atoms with Gasteiger partial charge in [-0.05, 0) is 60.0 Å². The van der Waals surface area contributed by atoms with E-state index in [1.54, 1.807) is 7.11 Å². The molecule has 3 aromatic rings. The minimum atomic E-state index is -0.437. The summed E-state index contributed by atoms with van der Waals surface area (Å²) in [5, 5.41) is 0. The first-order valence-electron chi connectivity index (χ1n) is 9.20. The Bertz CT molecular complexity index is 937. The number of methoxy groups -OCH3 is 2. The van der Waals surface area contributed by atoms with Crippen LogP contribution >= 0.6 is 0 Å². The summed E-state index contributed by atoms with van der Waals surface area (Å²) < 4.78 is 10.3. The predicted molar refractivity (Wildman–Crippen MR) is 113 cm³/mol. The van der Waals surface area contributed by atoms with Crippen LogP contribution in [-0.2, 0) is 15.6 Å². The van der Waals surface area contributed by atoms with Crippen molar-refractivity contribution in [2.45, 2.75) is 34.5 Å². The highest BCUT2D eigenvalue weighted by atomic mass is 79.9. The molecule has 3 aromatic carbocycles. The Kier molecular flexibility index (Phi) is 8.35. The topological polar surface area (TPSA) is 35.5 Å². The molecule has 1 atom stereocenters. The van der Waals surface area contributed by atoms with E-state index in [4.69, 9.17) is 9.47 Å². The van der Waals surface area contributed by atoms with Gasteiger partial charge in [-0.1, -0.05) is 38.1 Å². The number of esters is 1. The highest BCUT2D eigenvalue weighted by Gasteiger charge is 2.33. The van der Waals surface area contributed by atoms with Gasteiger partial charge < -0.3 is 26.5 Å². The molecule has 0 spiro atoms. The van der Waals surface area contributed by atoms with Gasteiger partial charge in [0, 0.05) is 0 Å². The average molecular weight is 473 g/mol. The van der Waals surface area contributed by atoms with E-state index in [0.29, 0.717) is 11.5 Å². The third kappa shape index (κ3) is 5.22. The van der Waals surface area contributed by atoms with Gasteiger partial charge in [0.25, 0.3) is 0 Å². The Labute approximate surface area is 186 Å². The van der Waals surface area contributed by atoms with Crippen molar-refractivity contribution in [1.82, 2.24) is 0 Å². The van der Waals surface area contributed by atoms with Gasteiger partial charge in [-0.25, -0.2) is 4.79 Å². The van der Waals surface area contributed by atoms with Crippen molar-refractivity contribution < 1.29 is 31.2 Å². The standard InChI is InChI=1S/C24H25O3S.BrH/c1-17(2)18-9-13-20(14-10-18)28(21-15-11-19(26-3)12-16-21)23-8-6-5-7-22(23)24(25)27-4;/h5-17H,1-4H3;1H/q+1;/p-1. The SMILES string of the molecule is COC(=O)c1ccccc1[S+](c1ccc(OC)cc1)c1ccc(C(C)C)cc1.[Br-]. The summed E-state index contributed by atoms with van der Waals surface area (Å²) in [6.45, 7) is 4.37. The van der Waals surface area contributed by atoms with Gasteiger partial charge >= 0.3 is 5.97 Å². The summed E-state index contributed by atoms with van der Waals surface area (Å²) in [5.41, 5.74) is 1.89. The van der Waals surface area contributed by atoms with Gasteiger partial charge in [-0.2, -0.15) is 0 Å². The van der Waals surface area contributed by atoms with Crippen LogP contribution in [0.3, 0.4) is 0 Å². The van der Waals surface area contributed by atoms with Crippen molar-refractivity contribution >= 4 is 16.9 Å². The molecule has 0 saturated carbocycles. The van der Waals surface area contributed by atoms with Crippen LogP contribution in [0.2, 0.25) is 0 Å². The quantitative estimate of drug-likeness (QED) is 0.408. The van der Waals surface area contributed by atoms with Crippen LogP contribution in [0, 0.1) is 0 Å². The Morgan fingerprint density at radius 1 is 0.828 bits per heavy atom. The normalized spacial score (nSPS) is 11.5. The summed E-state index contributed by atoms with van der Waals surface area (Å²) in [5.74, 6) is 0.961. The van der Waals surface area contributed by atoms with E-state index in [9.17, 15) is 4.79 Å². The van der Waals surface area contributed by atoms with Gasteiger partial charge in [0.15, 0.2) is 14.7 Å². The van der Waals surface area contributed by atoms with E-state index in [0.717, 1.165) is 20.4 Å². The van der Waals surface area contributed by atoms with Gasteiger partial charge in [0.1, 0.15) is 22.2 Å². The zero-order chi connectivity index (χ0) is 20.1. The van der Waals surface area contributed by atoms with Crippen molar-refractivity contribution in [3.8, 4) is 5.75 Å². The maximum Gasteiger partial charge on any atom is 0.343 e. The van der Waals surface area contributed by atoms with Crippen LogP contribution < -0.4 is 21.7 Å². The lowest BCUT2D eigenvalue weighted by molar-refractivity contribution is -0.0000206. The molecule has 0 N–H and O–H groups in total. The molecule has 5 heteroatoms. The summed E-state index contributed by atoms with van der Waals surface area (Å²) in [7, 11) is 2.64. The van der Waals surface area contributed by atoms with E-state index >= 15 is 0 Å². The number of benzene rings is 3. The highest BCUT2D eigenvalue weighted by molar-refractivity contribution is 7.97. The molecule has 0 aliphatic carbocycles. The Balaban J connectivity index is 0.00000300. The van der Waals surface area contributed by atoms with Crippen LogP contribution in [-0.4, -0.2) is 20.2 Å². The minimum Gasteiger partial charge on any atom is -1.00 e. The molecule has 0 radical (unpaired) electrons. The zero-order valence-electron chi connectivity index (χ0n) is 17.0. The molecule has 0 heterocycles. The Morgan fingerprint density at radius 2 is 1.38 bits per heavy atom. The smallest absolute Gasteiger partial charge is 0.343 e. The lowest BCUT2D eigenvalue weighted by Crippen LogP contribution is -3.00. The second-order valence-corrected chi connectivity index (χ2v) is 8.69. The third-order valence-electron chi connectivity index (χ3n) is 4.59. The van der Waals surface area contributed by atoms with E-state index in [1.165, 1.54) is 12.7 Å². The van der Waals surface area contributed by atoms with Crippen molar-refractivity contribution in [3.05, 3.63) is 83.9 Å². The molecule has 0 bridgehead atoms. The maximum atomic E-state index is 12.4. The van der Waals surface area contributed by atoms with Crippen LogP contribution in [0.5, 0.6) is 5.75 Å². The molecule has 0 aliphatic rings. The van der Waals surface area contributed by atoms with Gasteiger partial charge in [0.2, 0.25) is 0 Å². The fraction of sp³-hybridized carbons (Fsp3) is 0.208. The molecule has 0 fully saturated rings. The van der Waals surface area contributed by atoms with Crippen LogP contribution in [0.4, 0.5) is 0 Å². The van der Waals surface area contributed by atoms with E-state index < -0.39 is 10.9 Å². The van der Waals surface area contributed by atoms with Gasteiger partial charge in [0.05, 0.1) is 14.2 Å². The third-order valence-corrected chi connectivity index (χ3v) is 6.87. The van der Waals surface area contributed by atoms with Crippen molar-refractivity contribution in [3.63, 3.8) is 0 Å². The van der Waals surface area contributed by atoms with Crippen LogP contribution in [0.1, 0.15) is 35.7 Å². The molecule has 0 amide bonds. The molecule has 3 nitrogen and oxygen atoms in total. The summed E-state index contributed by atoms with van der Waals surface area (Å²) in [6.07, 6.45) is 0. The maximum absolute atomic E-state index is 12.4. The minimum absolute atomic E-state index is 0. The molecular formula is C24H25BrO3S. The van der Waals surface area contributed by atoms with Gasteiger partial charge in [-0.15, -0.1) is 0 Å². The van der Waals surface area contributed by atoms with Crippen LogP contribution in [0.15, 0.2) is 87.5 Å². The second-order valence-electron chi connectivity index (χ2n) is 6.69. The second kappa shape index (κ2) is 10.5. The first-order valence-corrected chi connectivity index (χ1v) is 10.4. The first kappa shape index (κ1) is 23.0. The van der Waals surface area contributed by atoms with Crippen molar-refractivity contribution in [2.75, 3.05) is 14.2 Å². The number of carbonyl (C=O) groups is 1. The molecule has 0 aromatic heterocycles. The van der Waals surface area contributed by atoms with E-state index in [2.05, 4.69) is 50.2 Å². The molecule has 3 rings (SSSR count).